The Morgan fingerprint density at radius 2 is 1.87 bits per heavy atom. The first kappa shape index (κ1) is 34.0. The Morgan fingerprint density at radius 3 is 2.51 bits per heavy atom. The lowest BCUT2D eigenvalue weighted by Gasteiger charge is -2.27. The van der Waals surface area contributed by atoms with Crippen molar-refractivity contribution in [3.8, 4) is 11.5 Å². The van der Waals surface area contributed by atoms with Gasteiger partial charge in [0.05, 0.1) is 22.8 Å². The number of anilines is 1. The number of methoxy groups -OCH3 is 1. The minimum atomic E-state index is -0.862. The molecule has 45 heavy (non-hydrogen) atoms. The largest absolute Gasteiger partial charge is 0.486 e. The van der Waals surface area contributed by atoms with E-state index in [1.54, 1.807) is 6.07 Å². The van der Waals surface area contributed by atoms with Gasteiger partial charge in [-0.05, 0) is 72.0 Å². The molecule has 0 aliphatic carbocycles. The van der Waals surface area contributed by atoms with Crippen molar-refractivity contribution in [2.24, 2.45) is 0 Å². The van der Waals surface area contributed by atoms with Crippen molar-refractivity contribution in [3.63, 3.8) is 0 Å². The zero-order valence-corrected chi connectivity index (χ0v) is 27.9. The maximum absolute atomic E-state index is 12.7. The number of ether oxygens (including phenoxy) is 4. The van der Waals surface area contributed by atoms with Crippen molar-refractivity contribution in [1.29, 1.82) is 0 Å². The fourth-order valence-corrected chi connectivity index (χ4v) is 5.62. The van der Waals surface area contributed by atoms with E-state index in [-0.39, 0.29) is 25.2 Å². The third kappa shape index (κ3) is 8.24. The van der Waals surface area contributed by atoms with E-state index in [0.29, 0.717) is 10.0 Å². The van der Waals surface area contributed by atoms with Gasteiger partial charge in [-0.2, -0.15) is 0 Å². The first-order valence-electron chi connectivity index (χ1n) is 14.9. The number of rotatable bonds is 11. The van der Waals surface area contributed by atoms with Gasteiger partial charge < -0.3 is 23.8 Å². The number of aryl methyl sites for hydroxylation is 1. The first-order valence-corrected chi connectivity index (χ1v) is 15.6. The Hall–Kier alpha value is -3.88. The number of carbonyl (C=O) groups excluding carboxylic acids is 2. The number of likely N-dealkylation sites (N-methyl/N-ethyl adjacent to an activating group) is 1. The van der Waals surface area contributed by atoms with Crippen LogP contribution in [-0.4, -0.2) is 57.4 Å². The Morgan fingerprint density at radius 1 is 1.13 bits per heavy atom. The summed E-state index contributed by atoms with van der Waals surface area (Å²) in [4.78, 5) is 28.6. The number of hydrogen-bond acceptors (Lipinski definition) is 7. The Balaban J connectivity index is 1.51. The lowest BCUT2D eigenvalue weighted by atomic mass is 9.98. The van der Waals surface area contributed by atoms with Gasteiger partial charge in [-0.15, -0.1) is 0 Å². The summed E-state index contributed by atoms with van der Waals surface area (Å²) in [7, 11) is 4.85. The number of carbonyl (C=O) groups is 2. The maximum atomic E-state index is 12.7. The normalized spacial score (nSPS) is 15.5. The van der Waals surface area contributed by atoms with Crippen molar-refractivity contribution in [1.82, 2.24) is 4.90 Å². The standard InChI is InChI=1S/C35H40Cl2N2O6/c1-7-17-43-35(41)39(5)30(34(40)42-6)21-25-20-29-33(18-22(25)3)45-32(15-16-38(29)4)23-9-12-26(13-10-23)44-31(8-2)24-11-14-27(36)28(37)19-24/h7,9-14,18-20,30-32H,1,8,15-17,21H2,2-6H3/t30-,31+,32+/m0/s1. The van der Waals surface area contributed by atoms with Gasteiger partial charge in [0.1, 0.15) is 36.4 Å². The van der Waals surface area contributed by atoms with E-state index in [4.69, 9.17) is 42.1 Å². The topological polar surface area (TPSA) is 77.5 Å². The molecular formula is C35H40Cl2N2O6. The van der Waals surface area contributed by atoms with E-state index in [2.05, 4.69) is 18.4 Å². The molecule has 4 rings (SSSR count). The SMILES string of the molecule is C=CCOC(=O)N(C)[C@@H](Cc1cc2c(cc1C)O[C@@H](c1ccc(O[C@H](CC)c3ccc(Cl)c(Cl)c3)cc1)CCN2C)C(=O)OC. The molecule has 8 nitrogen and oxygen atoms in total. The summed E-state index contributed by atoms with van der Waals surface area (Å²) < 4.78 is 23.1. The van der Waals surface area contributed by atoms with Crippen LogP contribution in [0.1, 0.15) is 54.2 Å². The number of benzene rings is 3. The van der Waals surface area contributed by atoms with Gasteiger partial charge in [0, 0.05) is 33.5 Å². The van der Waals surface area contributed by atoms with Crippen LogP contribution in [0.2, 0.25) is 10.0 Å². The summed E-state index contributed by atoms with van der Waals surface area (Å²) in [5.74, 6) is 0.976. The van der Waals surface area contributed by atoms with Crippen LogP contribution < -0.4 is 14.4 Å². The summed E-state index contributed by atoms with van der Waals surface area (Å²) in [5, 5.41) is 1.02. The van der Waals surface area contributed by atoms with E-state index < -0.39 is 18.1 Å². The lowest BCUT2D eigenvalue weighted by molar-refractivity contribution is -0.145. The molecule has 3 atom stereocenters. The number of esters is 1. The molecule has 3 aromatic rings. The molecule has 0 spiro atoms. The third-order valence-corrected chi connectivity index (χ3v) is 8.75. The molecule has 0 saturated carbocycles. The van der Waals surface area contributed by atoms with Gasteiger partial charge in [-0.25, -0.2) is 9.59 Å². The van der Waals surface area contributed by atoms with E-state index in [0.717, 1.165) is 58.8 Å². The smallest absolute Gasteiger partial charge is 0.410 e. The fourth-order valence-electron chi connectivity index (χ4n) is 5.31. The van der Waals surface area contributed by atoms with Crippen molar-refractivity contribution in [2.45, 2.75) is 51.4 Å². The number of hydrogen-bond donors (Lipinski definition) is 0. The third-order valence-electron chi connectivity index (χ3n) is 8.01. The molecule has 0 unspecified atom stereocenters. The summed E-state index contributed by atoms with van der Waals surface area (Å²) in [6.45, 7) is 8.39. The van der Waals surface area contributed by atoms with Gasteiger partial charge in [-0.3, -0.25) is 4.90 Å². The van der Waals surface area contributed by atoms with Crippen LogP contribution in [0.25, 0.3) is 0 Å². The highest BCUT2D eigenvalue weighted by Gasteiger charge is 2.31. The van der Waals surface area contributed by atoms with Crippen molar-refractivity contribution in [3.05, 3.63) is 99.6 Å². The molecule has 0 radical (unpaired) electrons. The Kier molecular flexibility index (Phi) is 11.6. The van der Waals surface area contributed by atoms with Gasteiger partial charge in [0.25, 0.3) is 0 Å². The molecule has 1 aliphatic heterocycles. The van der Waals surface area contributed by atoms with E-state index in [1.165, 1.54) is 25.1 Å². The summed E-state index contributed by atoms with van der Waals surface area (Å²) >= 11 is 12.3. The predicted octanol–water partition coefficient (Wildman–Crippen LogP) is 8.13. The van der Waals surface area contributed by atoms with E-state index in [1.807, 2.05) is 62.5 Å². The van der Waals surface area contributed by atoms with Crippen LogP contribution in [0, 0.1) is 6.92 Å². The molecule has 10 heteroatoms. The van der Waals surface area contributed by atoms with E-state index >= 15 is 0 Å². The zero-order valence-electron chi connectivity index (χ0n) is 26.3. The molecule has 0 N–H and O–H groups in total. The summed E-state index contributed by atoms with van der Waals surface area (Å²) in [6, 6.07) is 16.7. The Labute approximate surface area is 275 Å². The van der Waals surface area contributed by atoms with Crippen LogP contribution >= 0.6 is 23.2 Å². The van der Waals surface area contributed by atoms with E-state index in [9.17, 15) is 9.59 Å². The van der Waals surface area contributed by atoms with Crippen LogP contribution in [0.5, 0.6) is 11.5 Å². The van der Waals surface area contributed by atoms with Crippen LogP contribution in [0.15, 0.2) is 67.3 Å². The number of amides is 1. The van der Waals surface area contributed by atoms with Gasteiger partial charge >= 0.3 is 12.1 Å². The monoisotopic (exact) mass is 654 g/mol. The summed E-state index contributed by atoms with van der Waals surface area (Å²) in [5.41, 5.74) is 4.75. The fraction of sp³-hybridized carbons (Fsp3) is 0.371. The second-order valence-corrected chi connectivity index (χ2v) is 11.9. The average molecular weight is 656 g/mol. The van der Waals surface area contributed by atoms with Crippen molar-refractivity contribution >= 4 is 41.0 Å². The number of fused-ring (bicyclic) bond motifs is 1. The van der Waals surface area contributed by atoms with Gasteiger partial charge in [0.2, 0.25) is 0 Å². The van der Waals surface area contributed by atoms with Crippen LogP contribution in [-0.2, 0) is 20.7 Å². The minimum Gasteiger partial charge on any atom is -0.486 e. The summed E-state index contributed by atoms with van der Waals surface area (Å²) in [6.07, 6.45) is 2.31. The molecule has 240 valence electrons. The van der Waals surface area contributed by atoms with Crippen LogP contribution in [0.3, 0.4) is 0 Å². The predicted molar refractivity (Wildman–Crippen MR) is 178 cm³/mol. The second-order valence-electron chi connectivity index (χ2n) is 11.0. The van der Waals surface area contributed by atoms with Crippen LogP contribution in [0.4, 0.5) is 10.5 Å². The average Bonchev–Trinajstić information content (AvgIpc) is 3.20. The second kappa shape index (κ2) is 15.4. The minimum absolute atomic E-state index is 0.0476. The molecule has 1 amide bonds. The molecule has 1 aliphatic rings. The highest BCUT2D eigenvalue weighted by Crippen LogP contribution is 2.39. The highest BCUT2D eigenvalue weighted by molar-refractivity contribution is 6.42. The molecule has 3 aromatic carbocycles. The number of halogens is 2. The number of nitrogens with zero attached hydrogens (tertiary/aromatic N) is 2. The molecule has 1 heterocycles. The molecule has 0 bridgehead atoms. The molecule has 0 fully saturated rings. The van der Waals surface area contributed by atoms with Crippen molar-refractivity contribution < 1.29 is 28.5 Å². The van der Waals surface area contributed by atoms with Gasteiger partial charge in [-0.1, -0.05) is 61.0 Å². The molecule has 0 aromatic heterocycles. The Bertz CT molecular complexity index is 1510. The highest BCUT2D eigenvalue weighted by atomic mass is 35.5. The molecule has 0 saturated heterocycles. The van der Waals surface area contributed by atoms with Crippen molar-refractivity contribution in [2.75, 3.05) is 39.3 Å². The zero-order chi connectivity index (χ0) is 32.7. The quantitative estimate of drug-likeness (QED) is 0.153. The molecular weight excluding hydrogens is 615 g/mol. The first-order chi connectivity index (χ1) is 21.6. The lowest BCUT2D eigenvalue weighted by Crippen LogP contribution is -2.44. The van der Waals surface area contributed by atoms with Gasteiger partial charge in [0.15, 0.2) is 0 Å². The maximum Gasteiger partial charge on any atom is 0.410 e.